The minimum atomic E-state index is -0.460. The predicted octanol–water partition coefficient (Wildman–Crippen LogP) is 5.06. The normalized spacial score (nSPS) is 12.2. The van der Waals surface area contributed by atoms with Crippen LogP contribution in [-0.4, -0.2) is 5.11 Å². The van der Waals surface area contributed by atoms with E-state index >= 15 is 0 Å². The molecular weight excluding hydrogens is 360 g/mol. The maximum atomic E-state index is 9.43. The van der Waals surface area contributed by atoms with Gasteiger partial charge in [-0.25, -0.2) is 0 Å². The average molecular weight is 372 g/mol. The molecule has 0 aromatic heterocycles. The Morgan fingerprint density at radius 1 is 1.06 bits per heavy atom. The molecule has 0 unspecified atom stereocenters. The summed E-state index contributed by atoms with van der Waals surface area (Å²) in [7, 11) is 0. The molecule has 0 radical (unpaired) electrons. The van der Waals surface area contributed by atoms with Gasteiger partial charge in [0.15, 0.2) is 0 Å². The number of aliphatic hydroxyl groups is 1. The zero-order valence-electron chi connectivity index (χ0n) is 9.73. The summed E-state index contributed by atoms with van der Waals surface area (Å²) in [6.45, 7) is 1.74. The van der Waals surface area contributed by atoms with E-state index in [-0.39, 0.29) is 0 Å². The highest BCUT2D eigenvalue weighted by atomic mass is 79.9. The highest BCUT2D eigenvalue weighted by Crippen LogP contribution is 2.32. The maximum Gasteiger partial charge on any atom is 0.141 e. The summed E-state index contributed by atoms with van der Waals surface area (Å²) in [5.41, 5.74) is 0.872. The van der Waals surface area contributed by atoms with Gasteiger partial charge in [-0.15, -0.1) is 0 Å². The third-order valence-electron chi connectivity index (χ3n) is 2.48. The van der Waals surface area contributed by atoms with Gasteiger partial charge in [0.05, 0.1) is 10.6 Å². The molecule has 0 saturated heterocycles. The van der Waals surface area contributed by atoms with E-state index in [1.54, 1.807) is 6.92 Å². The first kappa shape index (κ1) is 13.6. The molecule has 0 aliphatic rings. The molecule has 2 nitrogen and oxygen atoms in total. The molecule has 0 bridgehead atoms. The van der Waals surface area contributed by atoms with Gasteiger partial charge in [0.25, 0.3) is 0 Å². The molecule has 2 aromatic carbocycles. The lowest BCUT2D eigenvalue weighted by molar-refractivity contribution is 0.199. The molecule has 0 fully saturated rings. The standard InChI is InChI=1S/C14H12Br2O2/c1-9(17)10-2-5-12(6-3-10)18-14-7-4-11(15)8-13(14)16/h2-9,17H,1H3/t9-/m0/s1. The summed E-state index contributed by atoms with van der Waals surface area (Å²) in [4.78, 5) is 0. The Balaban J connectivity index is 2.18. The molecule has 1 N–H and O–H groups in total. The van der Waals surface area contributed by atoms with Gasteiger partial charge in [-0.2, -0.15) is 0 Å². The first-order valence-corrected chi connectivity index (χ1v) is 7.06. The van der Waals surface area contributed by atoms with Crippen LogP contribution in [0.15, 0.2) is 51.4 Å². The number of hydrogen-bond acceptors (Lipinski definition) is 2. The second-order valence-corrected chi connectivity index (χ2v) is 5.69. The number of benzene rings is 2. The molecule has 0 aliphatic carbocycles. The van der Waals surface area contributed by atoms with Crippen LogP contribution < -0.4 is 4.74 Å². The Bertz CT molecular complexity index is 536. The van der Waals surface area contributed by atoms with E-state index in [0.717, 1.165) is 26.0 Å². The fraction of sp³-hybridized carbons (Fsp3) is 0.143. The predicted molar refractivity (Wildman–Crippen MR) is 79.0 cm³/mol. The number of ether oxygens (including phenoxy) is 1. The lowest BCUT2D eigenvalue weighted by Gasteiger charge is -2.09. The highest BCUT2D eigenvalue weighted by molar-refractivity contribution is 9.11. The molecule has 0 amide bonds. The van der Waals surface area contributed by atoms with Gasteiger partial charge in [-0.05, 0) is 58.7 Å². The number of rotatable bonds is 3. The van der Waals surface area contributed by atoms with E-state index < -0.39 is 6.10 Å². The average Bonchev–Trinajstić information content (AvgIpc) is 2.33. The minimum absolute atomic E-state index is 0.460. The SMILES string of the molecule is C[C@H](O)c1ccc(Oc2ccc(Br)cc2Br)cc1. The molecule has 94 valence electrons. The summed E-state index contributed by atoms with van der Waals surface area (Å²) in [5.74, 6) is 1.49. The Labute approximate surface area is 123 Å². The van der Waals surface area contributed by atoms with Gasteiger partial charge in [0.2, 0.25) is 0 Å². The Kier molecular flexibility index (Phi) is 4.43. The van der Waals surface area contributed by atoms with Crippen molar-refractivity contribution >= 4 is 31.9 Å². The third kappa shape index (κ3) is 3.34. The quantitative estimate of drug-likeness (QED) is 0.817. The monoisotopic (exact) mass is 370 g/mol. The van der Waals surface area contributed by atoms with Crippen LogP contribution in [0.2, 0.25) is 0 Å². The number of hydrogen-bond donors (Lipinski definition) is 1. The first-order valence-electron chi connectivity index (χ1n) is 5.47. The maximum absolute atomic E-state index is 9.43. The van der Waals surface area contributed by atoms with Crippen LogP contribution in [0, 0.1) is 0 Å². The molecule has 0 aliphatic heterocycles. The van der Waals surface area contributed by atoms with Gasteiger partial charge in [0.1, 0.15) is 11.5 Å². The Morgan fingerprint density at radius 2 is 1.72 bits per heavy atom. The molecule has 18 heavy (non-hydrogen) atoms. The van der Waals surface area contributed by atoms with E-state index in [1.165, 1.54) is 0 Å². The number of halogens is 2. The van der Waals surface area contributed by atoms with Crippen LogP contribution in [0.25, 0.3) is 0 Å². The topological polar surface area (TPSA) is 29.5 Å². The minimum Gasteiger partial charge on any atom is -0.456 e. The van der Waals surface area contributed by atoms with Crippen molar-refractivity contribution in [2.45, 2.75) is 13.0 Å². The Hall–Kier alpha value is -0.840. The first-order chi connectivity index (χ1) is 8.56. The van der Waals surface area contributed by atoms with Gasteiger partial charge in [-0.1, -0.05) is 28.1 Å². The summed E-state index contributed by atoms with van der Waals surface area (Å²) in [5, 5.41) is 9.43. The lowest BCUT2D eigenvalue weighted by atomic mass is 10.1. The van der Waals surface area contributed by atoms with Crippen molar-refractivity contribution in [1.82, 2.24) is 0 Å². The molecule has 0 heterocycles. The van der Waals surface area contributed by atoms with E-state index in [2.05, 4.69) is 31.9 Å². The van der Waals surface area contributed by atoms with Crippen molar-refractivity contribution < 1.29 is 9.84 Å². The van der Waals surface area contributed by atoms with E-state index in [4.69, 9.17) is 4.74 Å². The fourth-order valence-corrected chi connectivity index (χ4v) is 2.63. The Morgan fingerprint density at radius 3 is 2.28 bits per heavy atom. The van der Waals surface area contributed by atoms with Crippen molar-refractivity contribution in [3.63, 3.8) is 0 Å². The van der Waals surface area contributed by atoms with Crippen molar-refractivity contribution in [3.8, 4) is 11.5 Å². The van der Waals surface area contributed by atoms with Crippen LogP contribution in [0.1, 0.15) is 18.6 Å². The van der Waals surface area contributed by atoms with E-state index in [0.29, 0.717) is 0 Å². The molecular formula is C14H12Br2O2. The summed E-state index contributed by atoms with van der Waals surface area (Å²) in [6.07, 6.45) is -0.460. The second kappa shape index (κ2) is 5.87. The van der Waals surface area contributed by atoms with Crippen molar-refractivity contribution in [1.29, 1.82) is 0 Å². The zero-order valence-corrected chi connectivity index (χ0v) is 12.9. The molecule has 2 rings (SSSR count). The van der Waals surface area contributed by atoms with Crippen LogP contribution in [-0.2, 0) is 0 Å². The van der Waals surface area contributed by atoms with Gasteiger partial charge in [0, 0.05) is 4.47 Å². The van der Waals surface area contributed by atoms with E-state index in [1.807, 2.05) is 42.5 Å². The molecule has 1 atom stereocenters. The highest BCUT2D eigenvalue weighted by Gasteiger charge is 2.05. The van der Waals surface area contributed by atoms with Crippen molar-refractivity contribution in [2.75, 3.05) is 0 Å². The van der Waals surface area contributed by atoms with E-state index in [9.17, 15) is 5.11 Å². The summed E-state index contributed by atoms with van der Waals surface area (Å²) >= 11 is 6.84. The fourth-order valence-electron chi connectivity index (χ4n) is 1.50. The largest absolute Gasteiger partial charge is 0.456 e. The van der Waals surface area contributed by atoms with Gasteiger partial charge < -0.3 is 9.84 Å². The second-order valence-electron chi connectivity index (χ2n) is 3.92. The van der Waals surface area contributed by atoms with Crippen molar-refractivity contribution in [2.24, 2.45) is 0 Å². The van der Waals surface area contributed by atoms with Gasteiger partial charge >= 0.3 is 0 Å². The number of aliphatic hydroxyl groups excluding tert-OH is 1. The molecule has 0 saturated carbocycles. The summed E-state index contributed by atoms with van der Waals surface area (Å²) < 4.78 is 7.63. The molecule has 4 heteroatoms. The third-order valence-corrected chi connectivity index (χ3v) is 3.60. The molecule has 2 aromatic rings. The van der Waals surface area contributed by atoms with Crippen LogP contribution in [0.3, 0.4) is 0 Å². The zero-order chi connectivity index (χ0) is 13.1. The molecule has 0 spiro atoms. The smallest absolute Gasteiger partial charge is 0.141 e. The lowest BCUT2D eigenvalue weighted by Crippen LogP contribution is -1.91. The van der Waals surface area contributed by atoms with Crippen LogP contribution in [0.4, 0.5) is 0 Å². The van der Waals surface area contributed by atoms with Gasteiger partial charge in [-0.3, -0.25) is 0 Å². The van der Waals surface area contributed by atoms with Crippen LogP contribution >= 0.6 is 31.9 Å². The van der Waals surface area contributed by atoms with Crippen LogP contribution in [0.5, 0.6) is 11.5 Å². The summed E-state index contributed by atoms with van der Waals surface area (Å²) in [6, 6.07) is 13.1. The van der Waals surface area contributed by atoms with Crippen molar-refractivity contribution in [3.05, 3.63) is 57.0 Å².